The van der Waals surface area contributed by atoms with Crippen molar-refractivity contribution in [2.24, 2.45) is 0 Å². The van der Waals surface area contributed by atoms with Crippen molar-refractivity contribution in [2.45, 2.75) is 19.0 Å². The van der Waals surface area contributed by atoms with Crippen molar-refractivity contribution in [1.82, 2.24) is 9.55 Å². The number of halogens is 5. The topological polar surface area (TPSA) is 114 Å². The number of imidazole rings is 1. The predicted molar refractivity (Wildman–Crippen MR) is 126 cm³/mol. The van der Waals surface area contributed by atoms with Crippen LogP contribution in [0, 0.1) is 6.92 Å². The van der Waals surface area contributed by atoms with E-state index in [4.69, 9.17) is 16.0 Å². The number of aryl methyl sites for hydroxylation is 1. The van der Waals surface area contributed by atoms with E-state index in [1.165, 1.54) is 28.8 Å². The maximum absolute atomic E-state index is 12.9. The Morgan fingerprint density at radius 2 is 1.94 bits per heavy atom. The first kappa shape index (κ1) is 25.1. The zero-order valence-corrected chi connectivity index (χ0v) is 20.7. The second-order valence-electron chi connectivity index (χ2n) is 7.36. The number of alkyl halides is 3. The van der Waals surface area contributed by atoms with Gasteiger partial charge in [-0.25, -0.2) is 9.78 Å². The molecule has 2 N–H and O–H groups in total. The molecular formula is C21H14BrClF3N3O5S. The van der Waals surface area contributed by atoms with Gasteiger partial charge < -0.3 is 14.1 Å². The molecule has 0 bridgehead atoms. The van der Waals surface area contributed by atoms with Crippen LogP contribution in [-0.4, -0.2) is 34.6 Å². The summed E-state index contributed by atoms with van der Waals surface area (Å²) in [5, 5.41) is 9.85. The molecule has 2 aromatic heterocycles. The zero-order valence-electron chi connectivity index (χ0n) is 17.5. The molecule has 0 saturated carbocycles. The Hall–Kier alpha value is -3.03. The minimum absolute atomic E-state index is 0.0790. The van der Waals surface area contributed by atoms with Gasteiger partial charge in [-0.2, -0.15) is 21.6 Å². The Kier molecular flexibility index (Phi) is 6.36. The van der Waals surface area contributed by atoms with E-state index in [-0.39, 0.29) is 34.4 Å². The molecule has 0 aliphatic rings. The second-order valence-corrected chi connectivity index (χ2v) is 10.2. The minimum Gasteiger partial charge on any atom is -0.476 e. The van der Waals surface area contributed by atoms with Gasteiger partial charge in [-0.1, -0.05) is 29.8 Å². The van der Waals surface area contributed by atoms with Gasteiger partial charge in [-0.15, -0.1) is 0 Å². The number of fused-ring (bicyclic) bond motifs is 1. The molecule has 8 nitrogen and oxygen atoms in total. The maximum Gasteiger partial charge on any atom is 0.516 e. The van der Waals surface area contributed by atoms with E-state index in [9.17, 15) is 31.5 Å². The van der Waals surface area contributed by atoms with Crippen LogP contribution in [0.4, 0.5) is 18.9 Å². The first-order valence-electron chi connectivity index (χ1n) is 9.65. The lowest BCUT2D eigenvalue weighted by Gasteiger charge is -2.13. The molecule has 2 heterocycles. The third kappa shape index (κ3) is 4.62. The van der Waals surface area contributed by atoms with Gasteiger partial charge in [0.05, 0.1) is 10.2 Å². The van der Waals surface area contributed by atoms with Crippen molar-refractivity contribution in [3.63, 3.8) is 0 Å². The number of aromatic nitrogens is 2. The second kappa shape index (κ2) is 8.88. The summed E-state index contributed by atoms with van der Waals surface area (Å²) in [6.45, 7) is 1.74. The van der Waals surface area contributed by atoms with Crippen LogP contribution in [0.15, 0.2) is 51.4 Å². The van der Waals surface area contributed by atoms with Crippen LogP contribution in [0.2, 0.25) is 5.15 Å². The van der Waals surface area contributed by atoms with Gasteiger partial charge in [0.2, 0.25) is 0 Å². The number of carbonyl (C=O) groups is 1. The van der Waals surface area contributed by atoms with Gasteiger partial charge in [-0.3, -0.25) is 4.72 Å². The van der Waals surface area contributed by atoms with Gasteiger partial charge in [0.15, 0.2) is 16.6 Å². The molecule has 4 rings (SSSR count). The molecule has 14 heteroatoms. The summed E-state index contributed by atoms with van der Waals surface area (Å²) < 4.78 is 71.2. The van der Waals surface area contributed by atoms with Crippen LogP contribution < -0.4 is 4.72 Å². The minimum atomic E-state index is -5.65. The highest BCUT2D eigenvalue weighted by atomic mass is 79.9. The number of hydrogen-bond acceptors (Lipinski definition) is 5. The molecule has 0 saturated heterocycles. The molecule has 35 heavy (non-hydrogen) atoms. The highest BCUT2D eigenvalue weighted by molar-refractivity contribution is 9.10. The quantitative estimate of drug-likeness (QED) is 0.283. The summed E-state index contributed by atoms with van der Waals surface area (Å²) >= 11 is 9.33. The van der Waals surface area contributed by atoms with Crippen molar-refractivity contribution >= 4 is 60.2 Å². The number of furan rings is 1. The molecule has 0 atom stereocenters. The molecule has 2 aromatic carbocycles. The molecular weight excluding hydrogens is 579 g/mol. The van der Waals surface area contributed by atoms with Crippen LogP contribution in [0.3, 0.4) is 0 Å². The Morgan fingerprint density at radius 3 is 2.60 bits per heavy atom. The standard InChI is InChI=1S/C21H14BrClF3N3O5S/c1-10-27-19(23)17(20(30)31)29(10)9-11-6-7-15-13(8-11)16(22)18(34-15)12-4-2-3-5-14(12)28-35(32,33)21(24,25)26/h2-8,28H,9H2,1H3,(H,30,31). The number of rotatable bonds is 6. The number of para-hydroxylation sites is 1. The van der Waals surface area contributed by atoms with Crippen molar-refractivity contribution in [3.05, 3.63) is 69.2 Å². The summed E-state index contributed by atoms with van der Waals surface area (Å²) in [7, 11) is -5.65. The lowest BCUT2D eigenvalue weighted by atomic mass is 10.1. The summed E-state index contributed by atoms with van der Waals surface area (Å²) in [5.41, 5.74) is -4.88. The molecule has 0 aliphatic carbocycles. The lowest BCUT2D eigenvalue weighted by Crippen LogP contribution is -2.30. The van der Waals surface area contributed by atoms with Crippen LogP contribution in [0.25, 0.3) is 22.3 Å². The average Bonchev–Trinajstić information content (AvgIpc) is 3.23. The van der Waals surface area contributed by atoms with E-state index in [0.717, 1.165) is 0 Å². The van der Waals surface area contributed by atoms with Crippen molar-refractivity contribution in [3.8, 4) is 11.3 Å². The van der Waals surface area contributed by atoms with Crippen LogP contribution in [0.5, 0.6) is 0 Å². The van der Waals surface area contributed by atoms with Gasteiger partial charge in [0, 0.05) is 17.5 Å². The fraction of sp³-hybridized carbons (Fsp3) is 0.143. The molecule has 0 spiro atoms. The number of carboxylic acids is 1. The van der Waals surface area contributed by atoms with Crippen LogP contribution >= 0.6 is 27.5 Å². The number of carboxylic acid groups (broad SMARTS) is 1. The maximum atomic E-state index is 12.9. The van der Waals surface area contributed by atoms with Gasteiger partial charge in [-0.05, 0) is 52.7 Å². The van der Waals surface area contributed by atoms with Gasteiger partial charge in [0.25, 0.3) is 0 Å². The summed E-state index contributed by atoms with van der Waals surface area (Å²) in [6, 6.07) is 10.5. The summed E-state index contributed by atoms with van der Waals surface area (Å²) in [5.74, 6) is -0.739. The van der Waals surface area contributed by atoms with E-state index in [1.807, 2.05) is 0 Å². The van der Waals surface area contributed by atoms with E-state index in [0.29, 0.717) is 26.8 Å². The van der Waals surface area contributed by atoms with Crippen molar-refractivity contribution < 1.29 is 35.9 Å². The molecule has 0 amide bonds. The van der Waals surface area contributed by atoms with E-state index in [2.05, 4.69) is 20.9 Å². The predicted octanol–water partition coefficient (Wildman–Crippen LogP) is 6.03. The number of benzene rings is 2. The molecule has 184 valence electrons. The number of anilines is 1. The zero-order chi connectivity index (χ0) is 25.7. The summed E-state index contributed by atoms with van der Waals surface area (Å²) in [6.07, 6.45) is 0. The molecule has 0 unspecified atom stereocenters. The monoisotopic (exact) mass is 591 g/mol. The van der Waals surface area contributed by atoms with Gasteiger partial charge >= 0.3 is 21.5 Å². The molecule has 0 aliphatic heterocycles. The van der Waals surface area contributed by atoms with Crippen molar-refractivity contribution in [1.29, 1.82) is 0 Å². The highest BCUT2D eigenvalue weighted by Gasteiger charge is 2.46. The SMILES string of the molecule is Cc1nc(Cl)c(C(=O)O)n1Cc1ccc2oc(-c3ccccc3NS(=O)(=O)C(F)(F)F)c(Br)c2c1. The van der Waals surface area contributed by atoms with E-state index in [1.54, 1.807) is 29.8 Å². The number of hydrogen-bond donors (Lipinski definition) is 2. The van der Waals surface area contributed by atoms with Crippen LogP contribution in [-0.2, 0) is 16.6 Å². The molecule has 0 fully saturated rings. The average molecular weight is 593 g/mol. The smallest absolute Gasteiger partial charge is 0.476 e. The lowest BCUT2D eigenvalue weighted by molar-refractivity contribution is -0.0429. The first-order chi connectivity index (χ1) is 16.3. The number of aromatic carboxylic acids is 1. The van der Waals surface area contributed by atoms with Crippen LogP contribution in [0.1, 0.15) is 21.9 Å². The largest absolute Gasteiger partial charge is 0.516 e. The fourth-order valence-electron chi connectivity index (χ4n) is 3.47. The number of nitrogens with zero attached hydrogens (tertiary/aromatic N) is 2. The Labute approximate surface area is 209 Å². The van der Waals surface area contributed by atoms with E-state index >= 15 is 0 Å². The normalized spacial score (nSPS) is 12.3. The Bertz CT molecular complexity index is 1580. The number of sulfonamides is 1. The number of nitrogens with one attached hydrogen (secondary N) is 1. The Balaban J connectivity index is 1.77. The highest BCUT2D eigenvalue weighted by Crippen LogP contribution is 2.42. The van der Waals surface area contributed by atoms with Gasteiger partial charge in [0.1, 0.15) is 11.4 Å². The molecule has 4 aromatic rings. The fourth-order valence-corrected chi connectivity index (χ4v) is 4.96. The summed E-state index contributed by atoms with van der Waals surface area (Å²) in [4.78, 5) is 15.6. The Morgan fingerprint density at radius 1 is 1.26 bits per heavy atom. The van der Waals surface area contributed by atoms with Crippen molar-refractivity contribution in [2.75, 3.05) is 4.72 Å². The third-order valence-electron chi connectivity index (χ3n) is 5.07. The first-order valence-corrected chi connectivity index (χ1v) is 12.3. The third-order valence-corrected chi connectivity index (χ3v) is 7.22. The van der Waals surface area contributed by atoms with E-state index < -0.39 is 21.5 Å². The molecule has 0 radical (unpaired) electrons.